The van der Waals surface area contributed by atoms with Crippen LogP contribution in [-0.4, -0.2) is 24.9 Å². The first kappa shape index (κ1) is 17.5. The van der Waals surface area contributed by atoms with Gasteiger partial charge >= 0.3 is 0 Å². The Morgan fingerprint density at radius 2 is 1.32 bits per heavy atom. The summed E-state index contributed by atoms with van der Waals surface area (Å²) in [6.07, 6.45) is 10.7. The number of hydrogen-bond acceptors (Lipinski definition) is 7. The van der Waals surface area contributed by atoms with Crippen molar-refractivity contribution in [1.82, 2.24) is 24.9 Å². The maximum atomic E-state index is 5.89. The summed E-state index contributed by atoms with van der Waals surface area (Å²) in [5.74, 6) is 0.417. The minimum atomic E-state index is -0.174. The number of pyridine rings is 3. The molecule has 0 aliphatic carbocycles. The largest absolute Gasteiger partial charge is 0.384 e. The molecular formula is C21H19N7. The van der Waals surface area contributed by atoms with Crippen LogP contribution in [0.25, 0.3) is 0 Å². The molecule has 0 amide bonds. The van der Waals surface area contributed by atoms with Crippen LogP contribution in [0, 0.1) is 0 Å². The third-order valence-corrected chi connectivity index (χ3v) is 4.60. The quantitative estimate of drug-likeness (QED) is 0.555. The highest BCUT2D eigenvalue weighted by molar-refractivity contribution is 5.43. The normalized spacial score (nSPS) is 12.0. The zero-order valence-corrected chi connectivity index (χ0v) is 15.1. The Hall–Kier alpha value is -3.87. The van der Waals surface area contributed by atoms with E-state index in [9.17, 15) is 0 Å². The molecule has 0 bridgehead atoms. The van der Waals surface area contributed by atoms with Crippen LogP contribution in [0.2, 0.25) is 0 Å². The second kappa shape index (κ2) is 7.79. The van der Waals surface area contributed by atoms with Gasteiger partial charge in [0.1, 0.15) is 5.82 Å². The summed E-state index contributed by atoms with van der Waals surface area (Å²) in [7, 11) is 0. The van der Waals surface area contributed by atoms with Gasteiger partial charge in [-0.1, -0.05) is 18.2 Å². The van der Waals surface area contributed by atoms with E-state index in [4.69, 9.17) is 11.5 Å². The lowest BCUT2D eigenvalue weighted by Gasteiger charge is -2.28. The molecule has 0 saturated heterocycles. The minimum absolute atomic E-state index is 0.0953. The lowest BCUT2D eigenvalue weighted by atomic mass is 9.76. The smallest absolute Gasteiger partial charge is 0.220 e. The lowest BCUT2D eigenvalue weighted by Crippen LogP contribution is -2.17. The molecule has 0 spiro atoms. The van der Waals surface area contributed by atoms with E-state index in [1.54, 1.807) is 30.9 Å². The predicted molar refractivity (Wildman–Crippen MR) is 107 cm³/mol. The second-order valence-electron chi connectivity index (χ2n) is 6.38. The molecule has 0 aromatic carbocycles. The molecule has 28 heavy (non-hydrogen) atoms. The molecule has 7 nitrogen and oxygen atoms in total. The molecule has 0 aliphatic rings. The Bertz CT molecular complexity index is 998. The fourth-order valence-electron chi connectivity index (χ4n) is 3.39. The molecule has 0 saturated carbocycles. The first-order valence-electron chi connectivity index (χ1n) is 8.82. The van der Waals surface area contributed by atoms with Crippen molar-refractivity contribution in [3.63, 3.8) is 0 Å². The molecule has 1 unspecified atom stereocenters. The Morgan fingerprint density at radius 1 is 0.643 bits per heavy atom. The van der Waals surface area contributed by atoms with Gasteiger partial charge < -0.3 is 11.5 Å². The van der Waals surface area contributed by atoms with Gasteiger partial charge in [0, 0.05) is 49.0 Å². The highest BCUT2D eigenvalue weighted by atomic mass is 15.0. The van der Waals surface area contributed by atoms with Gasteiger partial charge in [-0.05, 0) is 41.0 Å². The topological polar surface area (TPSA) is 116 Å². The molecule has 4 rings (SSSR count). The van der Waals surface area contributed by atoms with E-state index in [2.05, 4.69) is 24.9 Å². The summed E-state index contributed by atoms with van der Waals surface area (Å²) in [5, 5.41) is 0. The maximum Gasteiger partial charge on any atom is 0.220 e. The third kappa shape index (κ3) is 3.64. The fraction of sp³-hybridized carbons (Fsp3) is 0.0952. The minimum Gasteiger partial charge on any atom is -0.384 e. The molecule has 4 aromatic rings. The van der Waals surface area contributed by atoms with Crippen LogP contribution in [0.4, 0.5) is 11.8 Å². The second-order valence-corrected chi connectivity index (χ2v) is 6.38. The van der Waals surface area contributed by atoms with Crippen LogP contribution < -0.4 is 11.5 Å². The summed E-state index contributed by atoms with van der Waals surface area (Å²) in [5.41, 5.74) is 15.5. The van der Waals surface area contributed by atoms with Crippen molar-refractivity contribution in [3.8, 4) is 0 Å². The highest BCUT2D eigenvalue weighted by Crippen LogP contribution is 2.41. The predicted octanol–water partition coefficient (Wildman–Crippen LogP) is 2.79. The molecule has 4 aromatic heterocycles. The van der Waals surface area contributed by atoms with E-state index in [-0.39, 0.29) is 17.8 Å². The number of hydrogen-bond donors (Lipinski definition) is 2. The van der Waals surface area contributed by atoms with Crippen molar-refractivity contribution < 1.29 is 0 Å². The number of nitrogens with zero attached hydrogens (tertiary/aromatic N) is 5. The van der Waals surface area contributed by atoms with Gasteiger partial charge in [-0.15, -0.1) is 0 Å². The molecule has 1 atom stereocenters. The van der Waals surface area contributed by atoms with Crippen LogP contribution in [0.3, 0.4) is 0 Å². The van der Waals surface area contributed by atoms with E-state index >= 15 is 0 Å². The molecule has 138 valence electrons. The van der Waals surface area contributed by atoms with Crippen molar-refractivity contribution in [2.75, 3.05) is 11.5 Å². The van der Waals surface area contributed by atoms with Gasteiger partial charge in [0.2, 0.25) is 5.95 Å². The molecule has 4 heterocycles. The average molecular weight is 369 g/mol. The first-order chi connectivity index (χ1) is 13.7. The Labute approximate surface area is 162 Å². The molecular weight excluding hydrogens is 350 g/mol. The van der Waals surface area contributed by atoms with Crippen molar-refractivity contribution in [2.45, 2.75) is 11.8 Å². The standard InChI is InChI=1S/C21H19N7/c22-18-6-5-16(13-27-18)20(17-7-10-26-21(23)28-17)19(14-3-1-8-24-11-14)15-4-2-9-25-12-15/h1-13,19-20H,(H2,22,27)(H2,23,26,28). The summed E-state index contributed by atoms with van der Waals surface area (Å²) in [6, 6.07) is 13.6. The number of rotatable bonds is 5. The summed E-state index contributed by atoms with van der Waals surface area (Å²) in [4.78, 5) is 21.5. The van der Waals surface area contributed by atoms with Crippen LogP contribution in [0.1, 0.15) is 34.2 Å². The number of nitrogens with two attached hydrogens (primary N) is 2. The number of nitrogen functional groups attached to an aromatic ring is 2. The summed E-state index contributed by atoms with van der Waals surface area (Å²) < 4.78 is 0. The Morgan fingerprint density at radius 3 is 1.86 bits per heavy atom. The SMILES string of the molecule is Nc1ccc(C(c2ccnc(N)n2)C(c2cccnc2)c2cccnc2)cn1. The maximum absolute atomic E-state index is 5.89. The molecule has 0 aliphatic heterocycles. The zero-order valence-electron chi connectivity index (χ0n) is 15.1. The lowest BCUT2D eigenvalue weighted by molar-refractivity contribution is 0.666. The van der Waals surface area contributed by atoms with Gasteiger partial charge in [-0.2, -0.15) is 0 Å². The summed E-state index contributed by atoms with van der Waals surface area (Å²) in [6.45, 7) is 0. The van der Waals surface area contributed by atoms with E-state index in [0.717, 1.165) is 22.4 Å². The van der Waals surface area contributed by atoms with Gasteiger partial charge in [0.25, 0.3) is 0 Å². The number of anilines is 2. The highest BCUT2D eigenvalue weighted by Gasteiger charge is 2.30. The van der Waals surface area contributed by atoms with Crippen LogP contribution in [0.15, 0.2) is 79.6 Å². The van der Waals surface area contributed by atoms with Crippen molar-refractivity contribution >= 4 is 11.8 Å². The Kier molecular flexibility index (Phi) is 4.88. The average Bonchev–Trinajstić information content (AvgIpc) is 2.74. The molecule has 4 N–H and O–H groups in total. The monoisotopic (exact) mass is 369 g/mol. The van der Waals surface area contributed by atoms with Gasteiger partial charge in [0.05, 0.1) is 5.69 Å². The van der Waals surface area contributed by atoms with Crippen LogP contribution >= 0.6 is 0 Å². The number of aromatic nitrogens is 5. The summed E-state index contributed by atoms with van der Waals surface area (Å²) >= 11 is 0. The van der Waals surface area contributed by atoms with Gasteiger partial charge in [0.15, 0.2) is 0 Å². The Balaban J connectivity index is 1.94. The van der Waals surface area contributed by atoms with Gasteiger partial charge in [-0.25, -0.2) is 15.0 Å². The van der Waals surface area contributed by atoms with E-state index in [1.807, 2.05) is 48.8 Å². The molecule has 7 heteroatoms. The van der Waals surface area contributed by atoms with Crippen LogP contribution in [0.5, 0.6) is 0 Å². The van der Waals surface area contributed by atoms with Crippen molar-refractivity contribution in [2.24, 2.45) is 0 Å². The first-order valence-corrected chi connectivity index (χ1v) is 8.82. The zero-order chi connectivity index (χ0) is 19.3. The van der Waals surface area contributed by atoms with Crippen LogP contribution in [-0.2, 0) is 0 Å². The molecule has 0 fully saturated rings. The third-order valence-electron chi connectivity index (χ3n) is 4.60. The fourth-order valence-corrected chi connectivity index (χ4v) is 3.39. The van der Waals surface area contributed by atoms with E-state index < -0.39 is 0 Å². The van der Waals surface area contributed by atoms with E-state index in [1.165, 1.54) is 0 Å². The molecule has 0 radical (unpaired) electrons. The van der Waals surface area contributed by atoms with Crippen molar-refractivity contribution in [1.29, 1.82) is 0 Å². The van der Waals surface area contributed by atoms with Gasteiger partial charge in [-0.3, -0.25) is 9.97 Å². The van der Waals surface area contributed by atoms with E-state index in [0.29, 0.717) is 5.82 Å². The van der Waals surface area contributed by atoms with Crippen molar-refractivity contribution in [3.05, 3.63) is 102 Å².